The van der Waals surface area contributed by atoms with Crippen LogP contribution in [0.1, 0.15) is 19.9 Å². The number of nitrogens with one attached hydrogen (secondary N) is 1. The summed E-state index contributed by atoms with van der Waals surface area (Å²) in [4.78, 5) is 18.2. The summed E-state index contributed by atoms with van der Waals surface area (Å²) in [7, 11) is 0. The number of hydrogen-bond acceptors (Lipinski definition) is 4. The van der Waals surface area contributed by atoms with Crippen molar-refractivity contribution in [1.82, 2.24) is 9.55 Å². The molecule has 1 atom stereocenters. The number of amides is 1. The smallest absolute Gasteiger partial charge is 0.249 e. The van der Waals surface area contributed by atoms with Gasteiger partial charge >= 0.3 is 0 Å². The van der Waals surface area contributed by atoms with Crippen LogP contribution in [0, 0.1) is 5.92 Å². The summed E-state index contributed by atoms with van der Waals surface area (Å²) in [5, 5.41) is 7.59. The van der Waals surface area contributed by atoms with Gasteiger partial charge < -0.3 is 9.88 Å². The molecule has 3 aromatic heterocycles. The molecule has 0 aliphatic rings. The van der Waals surface area contributed by atoms with E-state index in [1.54, 1.807) is 11.3 Å². The first kappa shape index (κ1) is 15.0. The van der Waals surface area contributed by atoms with E-state index in [0.29, 0.717) is 5.13 Å². The quantitative estimate of drug-likeness (QED) is 0.748. The number of carbonyl (C=O) groups is 1. The van der Waals surface area contributed by atoms with Gasteiger partial charge in [0.25, 0.3) is 0 Å². The number of aromatic nitrogens is 2. The SMILES string of the molecule is CC(C)[C@@H](C(=O)Nc1nc(-c2cccs2)cs1)n1cccc1. The van der Waals surface area contributed by atoms with Gasteiger partial charge in [-0.25, -0.2) is 4.98 Å². The van der Waals surface area contributed by atoms with Crippen LogP contribution in [0.2, 0.25) is 0 Å². The van der Waals surface area contributed by atoms with E-state index in [4.69, 9.17) is 0 Å². The minimum atomic E-state index is -0.232. The Hall–Kier alpha value is -1.92. The fraction of sp³-hybridized carbons (Fsp3) is 0.250. The first-order valence-corrected chi connectivity index (χ1v) is 8.84. The lowest BCUT2D eigenvalue weighted by Gasteiger charge is -2.21. The molecule has 3 rings (SSSR count). The zero-order chi connectivity index (χ0) is 15.5. The standard InChI is InChI=1S/C16H17N3OS2/c1-11(2)14(19-7-3-4-8-19)15(20)18-16-17-12(10-22-16)13-6-5-9-21-13/h3-11,14H,1-2H3,(H,17,18,20)/t14-/m0/s1. The highest BCUT2D eigenvalue weighted by molar-refractivity contribution is 7.16. The second-order valence-electron chi connectivity index (χ2n) is 5.32. The minimum Gasteiger partial charge on any atom is -0.342 e. The molecule has 3 heterocycles. The average molecular weight is 331 g/mol. The number of thiophene rings is 1. The third-order valence-electron chi connectivity index (χ3n) is 3.36. The average Bonchev–Trinajstić information content (AvgIpc) is 3.20. The van der Waals surface area contributed by atoms with Gasteiger partial charge in [0.2, 0.25) is 5.91 Å². The molecular weight excluding hydrogens is 314 g/mol. The molecule has 0 aliphatic heterocycles. The maximum absolute atomic E-state index is 12.6. The van der Waals surface area contributed by atoms with Crippen molar-refractivity contribution in [1.29, 1.82) is 0 Å². The molecular formula is C16H17N3OS2. The van der Waals surface area contributed by atoms with E-state index >= 15 is 0 Å². The van der Waals surface area contributed by atoms with Crippen LogP contribution in [0.4, 0.5) is 5.13 Å². The number of nitrogens with zero attached hydrogens (tertiary/aromatic N) is 2. The second-order valence-corrected chi connectivity index (χ2v) is 7.13. The lowest BCUT2D eigenvalue weighted by Crippen LogP contribution is -2.29. The molecule has 3 aromatic rings. The van der Waals surface area contributed by atoms with Crippen LogP contribution in [-0.4, -0.2) is 15.5 Å². The van der Waals surface area contributed by atoms with Crippen molar-refractivity contribution in [2.75, 3.05) is 5.32 Å². The summed E-state index contributed by atoms with van der Waals surface area (Å²) in [5.41, 5.74) is 0.914. The Bertz CT molecular complexity index is 729. The van der Waals surface area contributed by atoms with Crippen molar-refractivity contribution >= 4 is 33.7 Å². The van der Waals surface area contributed by atoms with Gasteiger partial charge in [0.15, 0.2) is 5.13 Å². The summed E-state index contributed by atoms with van der Waals surface area (Å²) in [6.07, 6.45) is 3.84. The Morgan fingerprint density at radius 2 is 2.00 bits per heavy atom. The van der Waals surface area contributed by atoms with Crippen LogP contribution in [0.15, 0.2) is 47.4 Å². The van der Waals surface area contributed by atoms with Crippen LogP contribution in [0.5, 0.6) is 0 Å². The molecule has 1 amide bonds. The molecule has 0 radical (unpaired) electrons. The molecule has 1 N–H and O–H groups in total. The van der Waals surface area contributed by atoms with E-state index in [0.717, 1.165) is 10.6 Å². The minimum absolute atomic E-state index is 0.0294. The first-order valence-electron chi connectivity index (χ1n) is 7.08. The fourth-order valence-electron chi connectivity index (χ4n) is 2.36. The van der Waals surface area contributed by atoms with Crippen molar-refractivity contribution in [3.8, 4) is 10.6 Å². The fourth-order valence-corrected chi connectivity index (χ4v) is 3.84. The normalized spacial score (nSPS) is 12.5. The van der Waals surface area contributed by atoms with Crippen molar-refractivity contribution in [3.63, 3.8) is 0 Å². The zero-order valence-electron chi connectivity index (χ0n) is 12.4. The molecule has 0 unspecified atom stereocenters. The molecule has 0 saturated carbocycles. The van der Waals surface area contributed by atoms with Crippen molar-refractivity contribution in [3.05, 3.63) is 47.4 Å². The van der Waals surface area contributed by atoms with E-state index in [9.17, 15) is 4.79 Å². The summed E-state index contributed by atoms with van der Waals surface area (Å²) in [5.74, 6) is 0.169. The molecule has 0 aliphatic carbocycles. The van der Waals surface area contributed by atoms with Gasteiger partial charge in [-0.2, -0.15) is 0 Å². The van der Waals surface area contributed by atoms with Crippen LogP contribution in [0.25, 0.3) is 10.6 Å². The molecule has 114 valence electrons. The van der Waals surface area contributed by atoms with Crippen LogP contribution in [0.3, 0.4) is 0 Å². The highest BCUT2D eigenvalue weighted by Gasteiger charge is 2.24. The molecule has 6 heteroatoms. The number of hydrogen-bond donors (Lipinski definition) is 1. The molecule has 22 heavy (non-hydrogen) atoms. The van der Waals surface area contributed by atoms with E-state index in [1.165, 1.54) is 11.3 Å². The van der Waals surface area contributed by atoms with Gasteiger partial charge in [-0.05, 0) is 29.5 Å². The van der Waals surface area contributed by atoms with Crippen LogP contribution >= 0.6 is 22.7 Å². The molecule has 0 saturated heterocycles. The molecule has 0 bridgehead atoms. The highest BCUT2D eigenvalue weighted by atomic mass is 32.1. The summed E-state index contributed by atoms with van der Waals surface area (Å²) < 4.78 is 1.94. The highest BCUT2D eigenvalue weighted by Crippen LogP contribution is 2.29. The molecule has 0 fully saturated rings. The predicted octanol–water partition coefficient (Wildman–Crippen LogP) is 4.51. The summed E-state index contributed by atoms with van der Waals surface area (Å²) in [6, 6.07) is 7.66. The van der Waals surface area contributed by atoms with Gasteiger partial charge in [-0.15, -0.1) is 22.7 Å². The number of anilines is 1. The van der Waals surface area contributed by atoms with Crippen LogP contribution < -0.4 is 5.32 Å². The van der Waals surface area contributed by atoms with Crippen molar-refractivity contribution < 1.29 is 4.79 Å². The molecule has 4 nitrogen and oxygen atoms in total. The van der Waals surface area contributed by atoms with Gasteiger partial charge in [0, 0.05) is 17.8 Å². The van der Waals surface area contributed by atoms with Gasteiger partial charge in [-0.1, -0.05) is 19.9 Å². The van der Waals surface area contributed by atoms with E-state index in [2.05, 4.69) is 10.3 Å². The number of rotatable bonds is 5. The third kappa shape index (κ3) is 3.13. The van der Waals surface area contributed by atoms with Crippen molar-refractivity contribution in [2.24, 2.45) is 5.92 Å². The predicted molar refractivity (Wildman–Crippen MR) is 92.4 cm³/mol. The lowest BCUT2D eigenvalue weighted by molar-refractivity contribution is -0.120. The monoisotopic (exact) mass is 331 g/mol. The zero-order valence-corrected chi connectivity index (χ0v) is 14.0. The van der Waals surface area contributed by atoms with E-state index < -0.39 is 0 Å². The lowest BCUT2D eigenvalue weighted by atomic mass is 10.0. The van der Waals surface area contributed by atoms with Gasteiger partial charge in [0.1, 0.15) is 6.04 Å². The van der Waals surface area contributed by atoms with Crippen molar-refractivity contribution in [2.45, 2.75) is 19.9 Å². The maximum Gasteiger partial charge on any atom is 0.249 e. The number of carbonyl (C=O) groups excluding carboxylic acids is 1. The molecule has 0 spiro atoms. The van der Waals surface area contributed by atoms with Crippen LogP contribution in [-0.2, 0) is 4.79 Å². The van der Waals surface area contributed by atoms with E-state index in [-0.39, 0.29) is 17.9 Å². The van der Waals surface area contributed by atoms with E-state index in [1.807, 2.05) is 65.8 Å². The Morgan fingerprint density at radius 1 is 1.23 bits per heavy atom. The molecule has 0 aromatic carbocycles. The van der Waals surface area contributed by atoms with Gasteiger partial charge in [0.05, 0.1) is 10.6 Å². The maximum atomic E-state index is 12.6. The first-order chi connectivity index (χ1) is 10.6. The summed E-state index contributed by atoms with van der Waals surface area (Å²) in [6.45, 7) is 4.09. The third-order valence-corrected chi connectivity index (χ3v) is 5.01. The summed E-state index contributed by atoms with van der Waals surface area (Å²) >= 11 is 3.10. The Labute approximate surface area is 137 Å². The topological polar surface area (TPSA) is 46.9 Å². The second kappa shape index (κ2) is 6.46. The number of thiazole rings is 1. The largest absolute Gasteiger partial charge is 0.342 e. The Balaban J connectivity index is 1.76. The van der Waals surface area contributed by atoms with Gasteiger partial charge in [-0.3, -0.25) is 4.79 Å². The Morgan fingerprint density at radius 3 is 2.64 bits per heavy atom. The Kier molecular flexibility index (Phi) is 4.40.